The molecular weight excluding hydrogens is 451 g/mol. The van der Waals surface area contributed by atoms with Gasteiger partial charge >= 0.3 is 12.1 Å². The molecule has 8 nitrogen and oxygen atoms in total. The van der Waals surface area contributed by atoms with Gasteiger partial charge in [-0.25, -0.2) is 22.4 Å². The molecule has 1 unspecified atom stereocenters. The van der Waals surface area contributed by atoms with Crippen molar-refractivity contribution in [2.45, 2.75) is 43.4 Å². The smallest absolute Gasteiger partial charge is 0.410 e. The Hall–Kier alpha value is -2.98. The number of halogens is 1. The largest absolute Gasteiger partial charge is 0.459 e. The normalized spacial score (nSPS) is 20.0. The molecule has 2 aromatic rings. The summed E-state index contributed by atoms with van der Waals surface area (Å²) in [6.45, 7) is 1.87. The van der Waals surface area contributed by atoms with Crippen molar-refractivity contribution in [1.29, 1.82) is 0 Å². The van der Waals surface area contributed by atoms with Crippen LogP contribution < -0.4 is 0 Å². The van der Waals surface area contributed by atoms with Crippen molar-refractivity contribution in [2.75, 3.05) is 19.7 Å². The highest BCUT2D eigenvalue weighted by Crippen LogP contribution is 2.29. The van der Waals surface area contributed by atoms with Crippen LogP contribution in [0.15, 0.2) is 53.4 Å². The Morgan fingerprint density at radius 1 is 1.15 bits per heavy atom. The number of sulfonamides is 1. The maximum Gasteiger partial charge on any atom is 0.410 e. The van der Waals surface area contributed by atoms with Gasteiger partial charge in [0.25, 0.3) is 0 Å². The number of ether oxygens (including phenoxy) is 2. The first-order valence-electron chi connectivity index (χ1n) is 10.7. The molecule has 2 fully saturated rings. The Bertz CT molecular complexity index is 1130. The summed E-state index contributed by atoms with van der Waals surface area (Å²) in [4.78, 5) is 26.3. The summed E-state index contributed by atoms with van der Waals surface area (Å²) in [6, 6.07) is 11.6. The van der Waals surface area contributed by atoms with E-state index in [0.717, 1.165) is 11.6 Å². The number of aryl methyl sites for hydroxylation is 1. The minimum Gasteiger partial charge on any atom is -0.459 e. The quantitative estimate of drug-likeness (QED) is 0.596. The molecule has 1 atom stereocenters. The zero-order valence-electron chi connectivity index (χ0n) is 18.1. The first-order valence-corrected chi connectivity index (χ1v) is 12.1. The molecule has 0 bridgehead atoms. The molecule has 0 saturated carbocycles. The SMILES string of the molecule is Cc1ccc(F)cc1S(=O)(=O)N1CCC(N2C(=O)OCC2C(=O)OCc2ccccc2)CC1. The molecule has 4 rings (SSSR count). The molecular formula is C23H25FN2O6S. The van der Waals surface area contributed by atoms with Crippen molar-refractivity contribution in [1.82, 2.24) is 9.21 Å². The number of cyclic esters (lactones) is 1. The van der Waals surface area contributed by atoms with Crippen molar-refractivity contribution in [3.63, 3.8) is 0 Å². The standard InChI is InChI=1S/C23H25FN2O6S/c1-16-7-8-18(24)13-21(16)33(29,30)25-11-9-19(10-12-25)26-20(15-32-23(26)28)22(27)31-14-17-5-3-2-4-6-17/h2-8,13,19-20H,9-12,14-15H2,1H3. The second-order valence-corrected chi connectivity index (χ2v) is 10.0. The van der Waals surface area contributed by atoms with E-state index in [-0.39, 0.29) is 37.2 Å². The van der Waals surface area contributed by atoms with Gasteiger partial charge < -0.3 is 9.47 Å². The van der Waals surface area contributed by atoms with Crippen molar-refractivity contribution >= 4 is 22.1 Å². The minimum absolute atomic E-state index is 0.0658. The summed E-state index contributed by atoms with van der Waals surface area (Å²) in [5, 5.41) is 0. The van der Waals surface area contributed by atoms with E-state index in [1.54, 1.807) is 6.92 Å². The van der Waals surface area contributed by atoms with E-state index in [1.807, 2.05) is 30.3 Å². The highest BCUT2D eigenvalue weighted by Gasteiger charge is 2.45. The van der Waals surface area contributed by atoms with Crippen LogP contribution >= 0.6 is 0 Å². The lowest BCUT2D eigenvalue weighted by molar-refractivity contribution is -0.150. The molecule has 0 radical (unpaired) electrons. The van der Waals surface area contributed by atoms with Crippen LogP contribution in [0.4, 0.5) is 9.18 Å². The lowest BCUT2D eigenvalue weighted by atomic mass is 10.0. The van der Waals surface area contributed by atoms with Crippen LogP contribution in [0.2, 0.25) is 0 Å². The van der Waals surface area contributed by atoms with Crippen molar-refractivity contribution < 1.29 is 31.9 Å². The Morgan fingerprint density at radius 3 is 2.55 bits per heavy atom. The van der Waals surface area contributed by atoms with Crippen LogP contribution in [0.1, 0.15) is 24.0 Å². The molecule has 0 aromatic heterocycles. The van der Waals surface area contributed by atoms with Crippen LogP contribution in [0.3, 0.4) is 0 Å². The summed E-state index contributed by atoms with van der Waals surface area (Å²) < 4.78 is 51.5. The molecule has 2 aliphatic rings. The number of piperidine rings is 1. The van der Waals surface area contributed by atoms with E-state index in [1.165, 1.54) is 21.3 Å². The van der Waals surface area contributed by atoms with Crippen LogP contribution in [-0.2, 0) is 30.9 Å². The van der Waals surface area contributed by atoms with Gasteiger partial charge in [0.15, 0.2) is 6.04 Å². The fourth-order valence-electron chi connectivity index (χ4n) is 4.19. The van der Waals surface area contributed by atoms with Gasteiger partial charge in [-0.1, -0.05) is 36.4 Å². The van der Waals surface area contributed by atoms with E-state index in [4.69, 9.17) is 9.47 Å². The number of carbonyl (C=O) groups is 2. The van der Waals surface area contributed by atoms with Gasteiger partial charge in [-0.15, -0.1) is 0 Å². The molecule has 0 spiro atoms. The van der Waals surface area contributed by atoms with Crippen LogP contribution in [0.5, 0.6) is 0 Å². The van der Waals surface area contributed by atoms with Gasteiger partial charge in [-0.05, 0) is 43.0 Å². The third-order valence-corrected chi connectivity index (χ3v) is 8.03. The van der Waals surface area contributed by atoms with Gasteiger partial charge in [0.05, 0.1) is 4.90 Å². The Kier molecular flexibility index (Phi) is 6.66. The van der Waals surface area contributed by atoms with Gasteiger partial charge in [0, 0.05) is 19.1 Å². The van der Waals surface area contributed by atoms with E-state index >= 15 is 0 Å². The molecule has 2 heterocycles. The maximum absolute atomic E-state index is 13.7. The molecule has 0 N–H and O–H groups in total. The lowest BCUT2D eigenvalue weighted by Gasteiger charge is -2.36. The number of nitrogens with zero attached hydrogens (tertiary/aromatic N) is 2. The molecule has 0 aliphatic carbocycles. The third kappa shape index (κ3) is 4.86. The molecule has 33 heavy (non-hydrogen) atoms. The van der Waals surface area contributed by atoms with E-state index in [2.05, 4.69) is 0 Å². The predicted molar refractivity (Wildman–Crippen MR) is 116 cm³/mol. The highest BCUT2D eigenvalue weighted by molar-refractivity contribution is 7.89. The average molecular weight is 477 g/mol. The summed E-state index contributed by atoms with van der Waals surface area (Å²) in [7, 11) is -3.88. The number of benzene rings is 2. The van der Waals surface area contributed by atoms with E-state index in [0.29, 0.717) is 18.4 Å². The summed E-state index contributed by atoms with van der Waals surface area (Å²) in [6.07, 6.45) is 0.0370. The molecule has 10 heteroatoms. The lowest BCUT2D eigenvalue weighted by Crippen LogP contribution is -2.52. The van der Waals surface area contributed by atoms with E-state index in [9.17, 15) is 22.4 Å². The first-order chi connectivity index (χ1) is 15.8. The molecule has 2 saturated heterocycles. The van der Waals surface area contributed by atoms with Gasteiger partial charge in [-0.3, -0.25) is 4.90 Å². The fourth-order valence-corrected chi connectivity index (χ4v) is 5.90. The van der Waals surface area contributed by atoms with Crippen LogP contribution in [0.25, 0.3) is 0 Å². The van der Waals surface area contributed by atoms with Crippen molar-refractivity contribution in [3.8, 4) is 0 Å². The second kappa shape index (κ2) is 9.48. The monoisotopic (exact) mass is 476 g/mol. The third-order valence-electron chi connectivity index (χ3n) is 5.99. The van der Waals surface area contributed by atoms with Gasteiger partial charge in [0.2, 0.25) is 10.0 Å². The van der Waals surface area contributed by atoms with Crippen LogP contribution in [-0.4, -0.2) is 61.5 Å². The zero-order valence-corrected chi connectivity index (χ0v) is 19.0. The number of esters is 1. The van der Waals surface area contributed by atoms with Crippen molar-refractivity contribution in [3.05, 3.63) is 65.5 Å². The summed E-state index contributed by atoms with van der Waals surface area (Å²) in [5.41, 5.74) is 1.29. The predicted octanol–water partition coefficient (Wildman–Crippen LogP) is 2.85. The van der Waals surface area contributed by atoms with E-state index < -0.39 is 33.9 Å². The average Bonchev–Trinajstić information content (AvgIpc) is 3.21. The number of carbonyl (C=O) groups excluding carboxylic acids is 2. The molecule has 176 valence electrons. The Balaban J connectivity index is 1.41. The first kappa shape index (κ1) is 23.2. The van der Waals surface area contributed by atoms with Gasteiger partial charge in [-0.2, -0.15) is 4.31 Å². The fraction of sp³-hybridized carbons (Fsp3) is 0.391. The Labute approximate surface area is 191 Å². The van der Waals surface area contributed by atoms with Crippen LogP contribution in [0, 0.1) is 12.7 Å². The Morgan fingerprint density at radius 2 is 1.85 bits per heavy atom. The number of rotatable bonds is 6. The number of hydrogen-bond acceptors (Lipinski definition) is 6. The molecule has 2 aliphatic heterocycles. The molecule has 1 amide bonds. The number of hydrogen-bond donors (Lipinski definition) is 0. The number of amides is 1. The van der Waals surface area contributed by atoms with Gasteiger partial charge in [0.1, 0.15) is 19.0 Å². The molecule has 2 aromatic carbocycles. The summed E-state index contributed by atoms with van der Waals surface area (Å²) in [5.74, 6) is -1.18. The maximum atomic E-state index is 13.7. The summed E-state index contributed by atoms with van der Waals surface area (Å²) >= 11 is 0. The minimum atomic E-state index is -3.88. The van der Waals surface area contributed by atoms with Crippen molar-refractivity contribution in [2.24, 2.45) is 0 Å². The second-order valence-electron chi connectivity index (χ2n) is 8.14. The zero-order chi connectivity index (χ0) is 23.6. The topological polar surface area (TPSA) is 93.2 Å². The highest BCUT2D eigenvalue weighted by atomic mass is 32.2.